The van der Waals surface area contributed by atoms with Crippen molar-refractivity contribution < 1.29 is 14.3 Å². The average Bonchev–Trinajstić information content (AvgIpc) is 2.62. The number of hydrogen-bond acceptors (Lipinski definition) is 3. The molecule has 2 aromatic heterocycles. The first-order chi connectivity index (χ1) is 12.8. The maximum Gasteiger partial charge on any atom is 0.341 e. The lowest BCUT2D eigenvalue weighted by Crippen LogP contribution is -2.24. The number of fused-ring (bicyclic) bond motifs is 1. The number of rotatable bonds is 4. The minimum atomic E-state index is -1.25. The normalized spacial score (nSPS) is 11.3. The van der Waals surface area contributed by atoms with Crippen molar-refractivity contribution in [2.75, 3.05) is 0 Å². The Kier molecular flexibility index (Phi) is 4.85. The van der Waals surface area contributed by atoms with Crippen LogP contribution in [-0.2, 0) is 6.54 Å². The summed E-state index contributed by atoms with van der Waals surface area (Å²) in [5, 5.41) is 9.35. The lowest BCUT2D eigenvalue weighted by molar-refractivity contribution is 0.0694. The van der Waals surface area contributed by atoms with Crippen molar-refractivity contribution in [3.05, 3.63) is 75.0 Å². The topological polar surface area (TPSA) is 84.8 Å². The molecule has 3 rings (SSSR count). The maximum absolute atomic E-state index is 14.2. The van der Waals surface area contributed by atoms with Crippen molar-refractivity contribution in [3.8, 4) is 11.1 Å². The Bertz CT molecular complexity index is 1120. The number of halogens is 1. The molecule has 5 nitrogen and oxygen atoms in total. The fraction of sp³-hybridized carbons (Fsp3) is 0.238. The summed E-state index contributed by atoms with van der Waals surface area (Å²) < 4.78 is 15.6. The van der Waals surface area contributed by atoms with Gasteiger partial charge in [-0.05, 0) is 53.3 Å². The third kappa shape index (κ3) is 3.13. The molecular weight excluding hydrogens is 347 g/mol. The van der Waals surface area contributed by atoms with Gasteiger partial charge in [-0.15, -0.1) is 0 Å². The molecule has 2 heterocycles. The van der Waals surface area contributed by atoms with E-state index in [2.05, 4.69) is 0 Å². The molecule has 27 heavy (non-hydrogen) atoms. The van der Waals surface area contributed by atoms with Gasteiger partial charge >= 0.3 is 5.97 Å². The molecule has 0 spiro atoms. The number of hydrogen-bond donors (Lipinski definition) is 2. The van der Waals surface area contributed by atoms with Crippen molar-refractivity contribution in [1.29, 1.82) is 0 Å². The van der Waals surface area contributed by atoms with Crippen LogP contribution in [0.15, 0.2) is 41.3 Å². The standard InChI is InChI=1S/C21H21FN2O3/c1-11(2)16-9-17(21(26)27)20(25)24-7-6-15(12(3)19(16)24)13-4-5-14(10-23)18(22)8-13/h4-9,11H,10,23H2,1-3H3,(H,26,27). The van der Waals surface area contributed by atoms with E-state index in [9.17, 15) is 19.1 Å². The van der Waals surface area contributed by atoms with Crippen LogP contribution in [0.1, 0.15) is 46.8 Å². The minimum absolute atomic E-state index is 0.00371. The number of carboxylic acids is 1. The number of aryl methyl sites for hydroxylation is 1. The molecule has 0 saturated carbocycles. The highest BCUT2D eigenvalue weighted by atomic mass is 19.1. The smallest absolute Gasteiger partial charge is 0.341 e. The Balaban J connectivity index is 2.36. The maximum atomic E-state index is 14.2. The fourth-order valence-corrected chi connectivity index (χ4v) is 3.38. The second-order valence-electron chi connectivity index (χ2n) is 6.86. The summed E-state index contributed by atoms with van der Waals surface area (Å²) in [5.74, 6) is -1.63. The van der Waals surface area contributed by atoms with Gasteiger partial charge in [-0.2, -0.15) is 0 Å². The second-order valence-corrected chi connectivity index (χ2v) is 6.86. The molecular formula is C21H21FN2O3. The molecule has 0 aliphatic heterocycles. The van der Waals surface area contributed by atoms with E-state index < -0.39 is 11.5 Å². The van der Waals surface area contributed by atoms with Gasteiger partial charge in [0, 0.05) is 18.3 Å². The van der Waals surface area contributed by atoms with Crippen LogP contribution in [0.3, 0.4) is 0 Å². The highest BCUT2D eigenvalue weighted by Crippen LogP contribution is 2.31. The van der Waals surface area contributed by atoms with Crippen LogP contribution < -0.4 is 11.3 Å². The van der Waals surface area contributed by atoms with Crippen LogP contribution >= 0.6 is 0 Å². The number of aromatic nitrogens is 1. The van der Waals surface area contributed by atoms with E-state index in [-0.39, 0.29) is 23.8 Å². The van der Waals surface area contributed by atoms with Gasteiger partial charge in [0.2, 0.25) is 0 Å². The zero-order valence-electron chi connectivity index (χ0n) is 15.4. The summed E-state index contributed by atoms with van der Waals surface area (Å²) in [7, 11) is 0. The molecule has 3 N–H and O–H groups in total. The predicted molar refractivity (Wildman–Crippen MR) is 103 cm³/mol. The van der Waals surface area contributed by atoms with Gasteiger partial charge in [0.15, 0.2) is 0 Å². The summed E-state index contributed by atoms with van der Waals surface area (Å²) in [6.45, 7) is 5.85. The molecule has 0 bridgehead atoms. The molecule has 140 valence electrons. The fourth-order valence-electron chi connectivity index (χ4n) is 3.38. The number of nitrogens with two attached hydrogens (primary N) is 1. The Morgan fingerprint density at radius 3 is 2.52 bits per heavy atom. The van der Waals surface area contributed by atoms with E-state index in [0.717, 1.165) is 16.7 Å². The highest BCUT2D eigenvalue weighted by molar-refractivity contribution is 5.89. The van der Waals surface area contributed by atoms with Crippen LogP contribution in [0.5, 0.6) is 0 Å². The van der Waals surface area contributed by atoms with Gasteiger partial charge in [-0.1, -0.05) is 26.0 Å². The predicted octanol–water partition coefficient (Wildman–Crippen LogP) is 3.69. The number of aromatic carboxylic acids is 1. The average molecular weight is 368 g/mol. The first kappa shape index (κ1) is 18.8. The molecule has 1 aromatic carbocycles. The SMILES string of the molecule is Cc1c(-c2ccc(CN)c(F)c2)ccn2c(=O)c(C(=O)O)cc(C(C)C)c12. The Labute approximate surface area is 155 Å². The molecule has 0 fully saturated rings. The summed E-state index contributed by atoms with van der Waals surface area (Å²) in [5.41, 5.74) is 8.76. The molecule has 0 aliphatic carbocycles. The van der Waals surface area contributed by atoms with Gasteiger partial charge in [-0.25, -0.2) is 9.18 Å². The summed E-state index contributed by atoms with van der Waals surface area (Å²) in [6.07, 6.45) is 1.55. The summed E-state index contributed by atoms with van der Waals surface area (Å²) >= 11 is 0. The lowest BCUT2D eigenvalue weighted by Gasteiger charge is -2.17. The van der Waals surface area contributed by atoms with Crippen LogP contribution in [-0.4, -0.2) is 15.5 Å². The van der Waals surface area contributed by atoms with E-state index in [1.54, 1.807) is 24.4 Å². The van der Waals surface area contributed by atoms with Crippen molar-refractivity contribution >= 4 is 11.5 Å². The Morgan fingerprint density at radius 1 is 1.26 bits per heavy atom. The van der Waals surface area contributed by atoms with E-state index in [4.69, 9.17) is 5.73 Å². The van der Waals surface area contributed by atoms with Crippen LogP contribution in [0.2, 0.25) is 0 Å². The Hall–Kier alpha value is -2.99. The molecule has 3 aromatic rings. The van der Waals surface area contributed by atoms with Gasteiger partial charge in [0.25, 0.3) is 5.56 Å². The molecule has 0 amide bonds. The molecule has 0 atom stereocenters. The molecule has 0 aliphatic rings. The first-order valence-electron chi connectivity index (χ1n) is 8.67. The summed E-state index contributed by atoms with van der Waals surface area (Å²) in [4.78, 5) is 24.0. The number of carbonyl (C=O) groups is 1. The van der Waals surface area contributed by atoms with E-state index in [0.29, 0.717) is 16.6 Å². The zero-order chi connectivity index (χ0) is 19.9. The van der Waals surface area contributed by atoms with Crippen molar-refractivity contribution in [2.45, 2.75) is 33.2 Å². The molecule has 0 unspecified atom stereocenters. The number of nitrogens with zero attached hydrogens (tertiary/aromatic N) is 1. The largest absolute Gasteiger partial charge is 0.477 e. The highest BCUT2D eigenvalue weighted by Gasteiger charge is 2.19. The Morgan fingerprint density at radius 2 is 1.96 bits per heavy atom. The molecule has 0 saturated heterocycles. The van der Waals surface area contributed by atoms with E-state index >= 15 is 0 Å². The first-order valence-corrected chi connectivity index (χ1v) is 8.67. The monoisotopic (exact) mass is 368 g/mol. The quantitative estimate of drug-likeness (QED) is 0.735. The molecule has 6 heteroatoms. The minimum Gasteiger partial charge on any atom is -0.477 e. The van der Waals surface area contributed by atoms with Gasteiger partial charge < -0.3 is 10.8 Å². The van der Waals surface area contributed by atoms with E-state index in [1.807, 2.05) is 20.8 Å². The molecule has 0 radical (unpaired) electrons. The van der Waals surface area contributed by atoms with Crippen molar-refractivity contribution in [1.82, 2.24) is 4.40 Å². The third-order valence-electron chi connectivity index (χ3n) is 4.85. The van der Waals surface area contributed by atoms with Crippen LogP contribution in [0.25, 0.3) is 16.6 Å². The third-order valence-corrected chi connectivity index (χ3v) is 4.85. The number of benzene rings is 1. The number of carboxylic acid groups (broad SMARTS) is 1. The zero-order valence-corrected chi connectivity index (χ0v) is 15.4. The summed E-state index contributed by atoms with van der Waals surface area (Å²) in [6, 6.07) is 8.02. The van der Waals surface area contributed by atoms with Crippen LogP contribution in [0.4, 0.5) is 4.39 Å². The second kappa shape index (κ2) is 6.96. The van der Waals surface area contributed by atoms with Gasteiger partial charge in [0.05, 0.1) is 5.52 Å². The van der Waals surface area contributed by atoms with Crippen LogP contribution in [0, 0.1) is 12.7 Å². The van der Waals surface area contributed by atoms with Gasteiger partial charge in [0.1, 0.15) is 11.4 Å². The number of pyridine rings is 2. The van der Waals surface area contributed by atoms with E-state index in [1.165, 1.54) is 16.5 Å². The van der Waals surface area contributed by atoms with Crippen molar-refractivity contribution in [3.63, 3.8) is 0 Å². The lowest BCUT2D eigenvalue weighted by atomic mass is 9.93. The van der Waals surface area contributed by atoms with Crippen molar-refractivity contribution in [2.24, 2.45) is 5.73 Å². The van der Waals surface area contributed by atoms with Gasteiger partial charge in [-0.3, -0.25) is 9.20 Å².